The van der Waals surface area contributed by atoms with Gasteiger partial charge in [-0.3, -0.25) is 4.79 Å². The van der Waals surface area contributed by atoms with Crippen LogP contribution in [-0.4, -0.2) is 35.7 Å². The largest absolute Gasteiger partial charge is 0.356 e. The molecular weight excluding hydrogens is 380 g/mol. The average Bonchev–Trinajstić information content (AvgIpc) is 3.26. The highest BCUT2D eigenvalue weighted by molar-refractivity contribution is 9.10. The molecule has 0 aliphatic carbocycles. The van der Waals surface area contributed by atoms with Crippen molar-refractivity contribution < 1.29 is 9.32 Å². The van der Waals surface area contributed by atoms with E-state index in [1.807, 2.05) is 11.4 Å². The fourth-order valence-electron chi connectivity index (χ4n) is 2.57. The molecule has 1 saturated heterocycles. The van der Waals surface area contributed by atoms with Gasteiger partial charge < -0.3 is 15.2 Å². The molecule has 2 aromatic rings. The van der Waals surface area contributed by atoms with Crippen LogP contribution in [-0.2, 0) is 11.2 Å². The number of carbonyl (C=O) groups excluding carboxylic acids is 1. The lowest BCUT2D eigenvalue weighted by atomic mass is 10.1. The first-order chi connectivity index (χ1) is 11.2. The second-order valence-corrected chi connectivity index (χ2v) is 7.47. The van der Waals surface area contributed by atoms with E-state index in [4.69, 9.17) is 4.52 Å². The van der Waals surface area contributed by atoms with Gasteiger partial charge >= 0.3 is 0 Å². The molecule has 0 bridgehead atoms. The molecule has 1 aliphatic heterocycles. The van der Waals surface area contributed by atoms with E-state index in [-0.39, 0.29) is 5.91 Å². The number of nitrogens with zero attached hydrogens (tertiary/aromatic N) is 2. The van der Waals surface area contributed by atoms with E-state index in [1.165, 1.54) is 6.42 Å². The molecule has 1 unspecified atom stereocenters. The van der Waals surface area contributed by atoms with Crippen molar-refractivity contribution in [1.82, 2.24) is 20.8 Å². The number of hydrogen-bond acceptors (Lipinski definition) is 6. The van der Waals surface area contributed by atoms with E-state index in [0.717, 1.165) is 35.4 Å². The second-order valence-electron chi connectivity index (χ2n) is 5.64. The SMILES string of the molecule is O=C(CCc1nc(-c2cc(Br)cs2)no1)NCCC1CCNC1. The molecule has 0 spiro atoms. The Morgan fingerprint density at radius 3 is 3.22 bits per heavy atom. The summed E-state index contributed by atoms with van der Waals surface area (Å²) in [6.45, 7) is 2.90. The van der Waals surface area contributed by atoms with Crippen LogP contribution in [0, 0.1) is 5.92 Å². The van der Waals surface area contributed by atoms with Crippen LogP contribution in [0.5, 0.6) is 0 Å². The van der Waals surface area contributed by atoms with E-state index >= 15 is 0 Å². The predicted molar refractivity (Wildman–Crippen MR) is 92.2 cm³/mol. The minimum absolute atomic E-state index is 0.0366. The Morgan fingerprint density at radius 1 is 1.57 bits per heavy atom. The summed E-state index contributed by atoms with van der Waals surface area (Å²) < 4.78 is 6.21. The summed E-state index contributed by atoms with van der Waals surface area (Å²) in [7, 11) is 0. The van der Waals surface area contributed by atoms with Gasteiger partial charge in [0.15, 0.2) is 0 Å². The van der Waals surface area contributed by atoms with Gasteiger partial charge in [-0.25, -0.2) is 0 Å². The zero-order valence-corrected chi connectivity index (χ0v) is 15.1. The molecular formula is C15H19BrN4O2S. The molecule has 1 fully saturated rings. The normalized spacial score (nSPS) is 17.5. The summed E-state index contributed by atoms with van der Waals surface area (Å²) in [4.78, 5) is 17.1. The van der Waals surface area contributed by atoms with Crippen molar-refractivity contribution in [1.29, 1.82) is 0 Å². The number of rotatable bonds is 7. The molecule has 2 aromatic heterocycles. The molecule has 1 amide bonds. The van der Waals surface area contributed by atoms with Gasteiger partial charge in [0.25, 0.3) is 0 Å². The molecule has 3 rings (SSSR count). The summed E-state index contributed by atoms with van der Waals surface area (Å²) >= 11 is 4.95. The number of thiophene rings is 1. The highest BCUT2D eigenvalue weighted by Gasteiger charge is 2.15. The Labute approximate surface area is 147 Å². The fourth-order valence-corrected chi connectivity index (χ4v) is 3.92. The van der Waals surface area contributed by atoms with Crippen LogP contribution in [0.2, 0.25) is 0 Å². The third-order valence-corrected chi connectivity index (χ3v) is 5.55. The summed E-state index contributed by atoms with van der Waals surface area (Å²) in [5.74, 6) is 1.80. The van der Waals surface area contributed by atoms with Gasteiger partial charge in [-0.05, 0) is 53.8 Å². The lowest BCUT2D eigenvalue weighted by Crippen LogP contribution is -2.26. The second kappa shape index (κ2) is 8.03. The van der Waals surface area contributed by atoms with Crippen molar-refractivity contribution >= 4 is 33.2 Å². The standard InChI is InChI=1S/C15H19BrN4O2S/c16-11-7-12(23-9-11)15-19-14(22-20-15)2-1-13(21)18-6-4-10-3-5-17-8-10/h7,9-10,17H,1-6,8H2,(H,18,21). The minimum atomic E-state index is 0.0366. The quantitative estimate of drug-likeness (QED) is 0.748. The van der Waals surface area contributed by atoms with Crippen LogP contribution in [0.15, 0.2) is 20.4 Å². The van der Waals surface area contributed by atoms with Gasteiger partial charge in [0, 0.05) is 29.2 Å². The van der Waals surface area contributed by atoms with E-state index in [1.54, 1.807) is 11.3 Å². The Kier molecular flexibility index (Phi) is 5.80. The van der Waals surface area contributed by atoms with Crippen molar-refractivity contribution in [2.45, 2.75) is 25.7 Å². The third kappa shape index (κ3) is 4.86. The molecule has 1 aliphatic rings. The molecule has 0 radical (unpaired) electrons. The molecule has 0 saturated carbocycles. The van der Waals surface area contributed by atoms with Crippen molar-refractivity contribution in [2.24, 2.45) is 5.92 Å². The summed E-state index contributed by atoms with van der Waals surface area (Å²) in [6.07, 6.45) is 3.09. The molecule has 23 heavy (non-hydrogen) atoms. The number of halogens is 1. The highest BCUT2D eigenvalue weighted by Crippen LogP contribution is 2.27. The zero-order valence-electron chi connectivity index (χ0n) is 12.7. The number of aromatic nitrogens is 2. The van der Waals surface area contributed by atoms with Gasteiger partial charge in [-0.15, -0.1) is 11.3 Å². The Morgan fingerprint density at radius 2 is 2.48 bits per heavy atom. The number of aryl methyl sites for hydroxylation is 1. The smallest absolute Gasteiger partial charge is 0.227 e. The monoisotopic (exact) mass is 398 g/mol. The lowest BCUT2D eigenvalue weighted by molar-refractivity contribution is -0.121. The van der Waals surface area contributed by atoms with E-state index < -0.39 is 0 Å². The Bertz CT molecular complexity index is 651. The molecule has 3 heterocycles. The minimum Gasteiger partial charge on any atom is -0.356 e. The number of nitrogens with one attached hydrogen (secondary N) is 2. The molecule has 6 nitrogen and oxygen atoms in total. The first-order valence-corrected chi connectivity index (χ1v) is 9.42. The van der Waals surface area contributed by atoms with Crippen LogP contribution in [0.1, 0.15) is 25.2 Å². The van der Waals surface area contributed by atoms with Crippen molar-refractivity contribution in [2.75, 3.05) is 19.6 Å². The van der Waals surface area contributed by atoms with Gasteiger partial charge in [-0.2, -0.15) is 4.98 Å². The highest BCUT2D eigenvalue weighted by atomic mass is 79.9. The molecule has 124 valence electrons. The van der Waals surface area contributed by atoms with Gasteiger partial charge in [-0.1, -0.05) is 5.16 Å². The van der Waals surface area contributed by atoms with Gasteiger partial charge in [0.1, 0.15) is 0 Å². The molecule has 0 aromatic carbocycles. The first-order valence-electron chi connectivity index (χ1n) is 7.75. The van der Waals surface area contributed by atoms with E-state index in [9.17, 15) is 4.79 Å². The fraction of sp³-hybridized carbons (Fsp3) is 0.533. The molecule has 2 N–H and O–H groups in total. The van der Waals surface area contributed by atoms with Crippen molar-refractivity contribution in [3.8, 4) is 10.7 Å². The first kappa shape index (κ1) is 16.6. The summed E-state index contributed by atoms with van der Waals surface area (Å²) in [5.41, 5.74) is 0. The number of amides is 1. The maximum Gasteiger partial charge on any atom is 0.227 e. The predicted octanol–water partition coefficient (Wildman–Crippen LogP) is 2.61. The topological polar surface area (TPSA) is 80.0 Å². The zero-order chi connectivity index (χ0) is 16.1. The maximum absolute atomic E-state index is 11.8. The Hall–Kier alpha value is -1.25. The van der Waals surface area contributed by atoms with Crippen LogP contribution in [0.25, 0.3) is 10.7 Å². The average molecular weight is 399 g/mol. The van der Waals surface area contributed by atoms with Gasteiger partial charge in [0.05, 0.1) is 4.88 Å². The summed E-state index contributed by atoms with van der Waals surface area (Å²) in [5, 5.41) is 12.2. The molecule has 8 heteroatoms. The van der Waals surface area contributed by atoms with E-state index in [0.29, 0.717) is 30.5 Å². The van der Waals surface area contributed by atoms with Crippen LogP contribution >= 0.6 is 27.3 Å². The molecule has 1 atom stereocenters. The van der Waals surface area contributed by atoms with Crippen LogP contribution in [0.4, 0.5) is 0 Å². The van der Waals surface area contributed by atoms with E-state index in [2.05, 4.69) is 36.7 Å². The third-order valence-electron chi connectivity index (χ3n) is 3.86. The Balaban J connectivity index is 1.39. The number of carbonyl (C=O) groups is 1. The van der Waals surface area contributed by atoms with Crippen LogP contribution < -0.4 is 10.6 Å². The van der Waals surface area contributed by atoms with Crippen molar-refractivity contribution in [3.05, 3.63) is 21.8 Å². The summed E-state index contributed by atoms with van der Waals surface area (Å²) in [6, 6.07) is 1.95. The van der Waals surface area contributed by atoms with Crippen LogP contribution in [0.3, 0.4) is 0 Å². The maximum atomic E-state index is 11.8. The lowest BCUT2D eigenvalue weighted by Gasteiger charge is -2.08. The number of hydrogen-bond donors (Lipinski definition) is 2. The van der Waals surface area contributed by atoms with Gasteiger partial charge in [0.2, 0.25) is 17.6 Å². The van der Waals surface area contributed by atoms with Crippen molar-refractivity contribution in [3.63, 3.8) is 0 Å².